The number of rotatable bonds is 37. The van der Waals surface area contributed by atoms with E-state index in [1.165, 1.54) is 25.7 Å². The number of hydrogen-bond acceptors (Lipinski definition) is 11. The summed E-state index contributed by atoms with van der Waals surface area (Å²) >= 11 is 0. The van der Waals surface area contributed by atoms with Crippen molar-refractivity contribution in [2.24, 2.45) is 0 Å². The highest BCUT2D eigenvalue weighted by Gasteiger charge is 2.48. The molecule has 0 aromatic carbocycles. The van der Waals surface area contributed by atoms with Crippen LogP contribution in [0.1, 0.15) is 149 Å². The lowest BCUT2D eigenvalue weighted by Gasteiger charge is -2.41. The fraction of sp³-hybridized carbons (Fsp3) is 0.717. The van der Waals surface area contributed by atoms with E-state index in [9.17, 15) is 28.5 Å². The Morgan fingerprint density at radius 1 is 0.661 bits per heavy atom. The highest BCUT2D eigenvalue weighted by Crippen LogP contribution is 2.26. The molecular formula is C46H78O12S. The summed E-state index contributed by atoms with van der Waals surface area (Å²) in [5.41, 5.74) is 0. The first-order chi connectivity index (χ1) is 28.6. The van der Waals surface area contributed by atoms with E-state index in [1.54, 1.807) is 0 Å². The Balaban J connectivity index is 2.49. The molecule has 0 radical (unpaired) electrons. The van der Waals surface area contributed by atoms with E-state index in [2.05, 4.69) is 90.9 Å². The molecule has 1 aliphatic rings. The molecule has 0 saturated carbocycles. The maximum atomic E-state index is 12.8. The van der Waals surface area contributed by atoms with Gasteiger partial charge in [0.05, 0.1) is 19.8 Å². The zero-order chi connectivity index (χ0) is 43.2. The molecule has 1 saturated heterocycles. The molecule has 12 nitrogen and oxygen atoms in total. The minimum atomic E-state index is -5.07. The highest BCUT2D eigenvalue weighted by molar-refractivity contribution is 7.80. The van der Waals surface area contributed by atoms with Gasteiger partial charge >= 0.3 is 16.4 Å². The van der Waals surface area contributed by atoms with Crippen LogP contribution in [0.25, 0.3) is 0 Å². The van der Waals surface area contributed by atoms with Crippen molar-refractivity contribution < 1.29 is 56.2 Å². The molecule has 0 aromatic heterocycles. The molecule has 6 unspecified atom stereocenters. The van der Waals surface area contributed by atoms with Crippen molar-refractivity contribution in [1.29, 1.82) is 0 Å². The van der Waals surface area contributed by atoms with Crippen LogP contribution >= 0.6 is 0 Å². The van der Waals surface area contributed by atoms with Crippen molar-refractivity contribution in [3.8, 4) is 0 Å². The Morgan fingerprint density at radius 3 is 1.71 bits per heavy atom. The number of carbonyl (C=O) groups is 1. The molecule has 59 heavy (non-hydrogen) atoms. The Labute approximate surface area is 356 Å². The summed E-state index contributed by atoms with van der Waals surface area (Å²) in [7, 11) is -5.07. The van der Waals surface area contributed by atoms with E-state index in [4.69, 9.17) is 23.5 Å². The number of unbranched alkanes of at least 4 members (excludes halogenated alkanes) is 12. The van der Waals surface area contributed by atoms with E-state index in [-0.39, 0.29) is 19.6 Å². The van der Waals surface area contributed by atoms with Crippen molar-refractivity contribution >= 4 is 16.4 Å². The monoisotopic (exact) mass is 855 g/mol. The van der Waals surface area contributed by atoms with Crippen molar-refractivity contribution in [2.75, 3.05) is 26.4 Å². The van der Waals surface area contributed by atoms with Gasteiger partial charge in [-0.3, -0.25) is 9.35 Å². The number of ether oxygens (including phenoxy) is 4. The highest BCUT2D eigenvalue weighted by atomic mass is 32.3. The lowest BCUT2D eigenvalue weighted by atomic mass is 9.99. The Kier molecular flexibility index (Phi) is 34.5. The SMILES string of the molecule is CC/C=C\C/C=C\C/C=C\C/C=C\CCCCCOCC(COC1OC(CO)C(O)C(OS(=O)(=O)O)C1O)OC(=O)CCCCCCC/C=C\C/C=C\CCCCCC. The minimum absolute atomic E-state index is 0.00465. The summed E-state index contributed by atoms with van der Waals surface area (Å²) in [6, 6.07) is 0. The molecule has 4 N–H and O–H groups in total. The molecule has 1 aliphatic heterocycles. The molecular weight excluding hydrogens is 777 g/mol. The van der Waals surface area contributed by atoms with Crippen LogP contribution in [-0.4, -0.2) is 97.5 Å². The lowest BCUT2D eigenvalue weighted by Crippen LogP contribution is -2.60. The van der Waals surface area contributed by atoms with Gasteiger partial charge in [0.1, 0.15) is 30.5 Å². The number of aliphatic hydroxyl groups is 3. The standard InChI is InChI=1S/C46H78O12S/c1-3-5-7-9-11-13-15-17-19-21-23-25-27-29-31-33-35-42(48)56-40(39-55-46-44(50)45(58-59(51,52)53)43(49)41(37-47)57-46)38-54-36-34-32-30-28-26-24-22-20-18-16-14-12-10-8-6-4-2/h6,8,12-15,18-21,24,26,40-41,43-47,49-50H,3-5,7,9-11,16-17,22-23,25,27-39H2,1-2H3,(H,51,52,53)/b8-6-,14-12-,15-13-,20-18-,21-19-,26-24-. The van der Waals surface area contributed by atoms with Crippen LogP contribution in [0, 0.1) is 0 Å². The average Bonchev–Trinajstić information content (AvgIpc) is 3.20. The van der Waals surface area contributed by atoms with Crippen LogP contribution in [0.15, 0.2) is 72.9 Å². The molecule has 0 amide bonds. The number of aliphatic hydroxyl groups excluding tert-OH is 3. The Hall–Kier alpha value is -2.46. The summed E-state index contributed by atoms with van der Waals surface area (Å²) in [6.07, 6.45) is 37.9. The number of esters is 1. The summed E-state index contributed by atoms with van der Waals surface area (Å²) in [4.78, 5) is 12.8. The van der Waals surface area contributed by atoms with Crippen LogP contribution in [0.2, 0.25) is 0 Å². The Bertz CT molecular complexity index is 1310. The number of carbonyl (C=O) groups excluding carboxylic acids is 1. The van der Waals surface area contributed by atoms with E-state index in [1.807, 2.05) is 0 Å². The predicted octanol–water partition coefficient (Wildman–Crippen LogP) is 9.13. The first-order valence-electron chi connectivity index (χ1n) is 22.2. The largest absolute Gasteiger partial charge is 0.457 e. The van der Waals surface area contributed by atoms with Crippen LogP contribution in [-0.2, 0) is 38.3 Å². The van der Waals surface area contributed by atoms with Crippen LogP contribution in [0.5, 0.6) is 0 Å². The topological polar surface area (TPSA) is 178 Å². The van der Waals surface area contributed by atoms with Gasteiger partial charge in [-0.15, -0.1) is 0 Å². The summed E-state index contributed by atoms with van der Waals surface area (Å²) < 4.78 is 59.0. The number of hydrogen-bond donors (Lipinski definition) is 4. The van der Waals surface area contributed by atoms with E-state index in [0.29, 0.717) is 13.0 Å². The molecule has 13 heteroatoms. The zero-order valence-electron chi connectivity index (χ0n) is 36.0. The third kappa shape index (κ3) is 31.1. The second-order valence-electron chi connectivity index (χ2n) is 14.9. The van der Waals surface area contributed by atoms with Gasteiger partial charge < -0.3 is 34.3 Å². The molecule has 0 bridgehead atoms. The van der Waals surface area contributed by atoms with Gasteiger partial charge in [0.25, 0.3) is 0 Å². The first-order valence-corrected chi connectivity index (χ1v) is 23.6. The van der Waals surface area contributed by atoms with Crippen LogP contribution in [0.3, 0.4) is 0 Å². The summed E-state index contributed by atoms with van der Waals surface area (Å²) in [5.74, 6) is -0.428. The van der Waals surface area contributed by atoms with Crippen molar-refractivity contribution in [2.45, 2.75) is 185 Å². The van der Waals surface area contributed by atoms with Crippen molar-refractivity contribution in [3.05, 3.63) is 72.9 Å². The molecule has 0 aliphatic carbocycles. The van der Waals surface area contributed by atoms with Crippen LogP contribution < -0.4 is 0 Å². The fourth-order valence-corrected chi connectivity index (χ4v) is 6.73. The molecule has 340 valence electrons. The van der Waals surface area contributed by atoms with Gasteiger partial charge in [0, 0.05) is 13.0 Å². The van der Waals surface area contributed by atoms with Gasteiger partial charge in [-0.05, 0) is 83.5 Å². The second kappa shape index (κ2) is 37.3. The van der Waals surface area contributed by atoms with Gasteiger partial charge in [0.2, 0.25) is 0 Å². The van der Waals surface area contributed by atoms with E-state index in [0.717, 1.165) is 96.3 Å². The van der Waals surface area contributed by atoms with Gasteiger partial charge in [0.15, 0.2) is 6.29 Å². The van der Waals surface area contributed by atoms with Gasteiger partial charge in [-0.1, -0.05) is 132 Å². The molecule has 6 atom stereocenters. The molecule has 1 heterocycles. The third-order valence-electron chi connectivity index (χ3n) is 9.56. The predicted molar refractivity (Wildman–Crippen MR) is 234 cm³/mol. The molecule has 1 rings (SSSR count). The first kappa shape index (κ1) is 54.6. The van der Waals surface area contributed by atoms with Crippen molar-refractivity contribution in [1.82, 2.24) is 0 Å². The van der Waals surface area contributed by atoms with Crippen molar-refractivity contribution in [3.63, 3.8) is 0 Å². The zero-order valence-corrected chi connectivity index (χ0v) is 36.8. The molecule has 1 fully saturated rings. The van der Waals surface area contributed by atoms with E-state index < -0.39 is 59.8 Å². The molecule has 0 spiro atoms. The van der Waals surface area contributed by atoms with Gasteiger partial charge in [-0.2, -0.15) is 8.42 Å². The summed E-state index contributed by atoms with van der Waals surface area (Å²) in [6.45, 7) is 3.74. The average molecular weight is 855 g/mol. The van der Waals surface area contributed by atoms with E-state index >= 15 is 0 Å². The third-order valence-corrected chi connectivity index (χ3v) is 10.0. The maximum Gasteiger partial charge on any atom is 0.397 e. The minimum Gasteiger partial charge on any atom is -0.457 e. The quantitative estimate of drug-likeness (QED) is 0.0202. The lowest BCUT2D eigenvalue weighted by molar-refractivity contribution is -0.301. The fourth-order valence-electron chi connectivity index (χ4n) is 6.22. The normalized spacial score (nSPS) is 21.1. The molecule has 0 aromatic rings. The van der Waals surface area contributed by atoms with Gasteiger partial charge in [-0.25, -0.2) is 4.18 Å². The number of allylic oxidation sites excluding steroid dienone is 12. The smallest absolute Gasteiger partial charge is 0.397 e. The summed E-state index contributed by atoms with van der Waals surface area (Å²) in [5, 5.41) is 30.6. The van der Waals surface area contributed by atoms with Crippen LogP contribution in [0.4, 0.5) is 0 Å². The Morgan fingerprint density at radius 2 is 1.17 bits per heavy atom. The second-order valence-corrected chi connectivity index (χ2v) is 15.9. The maximum absolute atomic E-state index is 12.8.